The van der Waals surface area contributed by atoms with Gasteiger partial charge in [0.15, 0.2) is 9.84 Å². The zero-order chi connectivity index (χ0) is 18.4. The summed E-state index contributed by atoms with van der Waals surface area (Å²) in [6.45, 7) is 2.83. The molecule has 1 fully saturated rings. The van der Waals surface area contributed by atoms with Crippen molar-refractivity contribution in [2.45, 2.75) is 31.8 Å². The van der Waals surface area contributed by atoms with Crippen LogP contribution in [0.4, 0.5) is 0 Å². The summed E-state index contributed by atoms with van der Waals surface area (Å²) in [5.41, 5.74) is 7.20. The predicted molar refractivity (Wildman–Crippen MR) is 105 cm³/mol. The molecule has 0 spiro atoms. The van der Waals surface area contributed by atoms with Crippen LogP contribution in [0.1, 0.15) is 31.4 Å². The lowest BCUT2D eigenvalue weighted by Crippen LogP contribution is -2.46. The number of rotatable bonds is 8. The summed E-state index contributed by atoms with van der Waals surface area (Å²) in [4.78, 5) is 14.8. The molecule has 0 aromatic heterocycles. The van der Waals surface area contributed by atoms with Crippen LogP contribution in [0.25, 0.3) is 0 Å². The molecule has 8 heteroatoms. The summed E-state index contributed by atoms with van der Waals surface area (Å²) in [5.74, 6) is -0.327. The van der Waals surface area contributed by atoms with Gasteiger partial charge in [-0.15, -0.1) is 12.4 Å². The second-order valence-corrected chi connectivity index (χ2v) is 8.89. The Balaban J connectivity index is 0.00000338. The first kappa shape index (κ1) is 22.9. The molecule has 1 aliphatic heterocycles. The van der Waals surface area contributed by atoms with Crippen molar-refractivity contribution in [1.82, 2.24) is 4.90 Å². The van der Waals surface area contributed by atoms with Crippen molar-refractivity contribution in [3.63, 3.8) is 0 Å². The van der Waals surface area contributed by atoms with E-state index in [1.54, 1.807) is 12.0 Å². The van der Waals surface area contributed by atoms with E-state index in [1.165, 1.54) is 0 Å². The lowest BCUT2D eigenvalue weighted by atomic mass is 9.93. The number of nitrogens with zero attached hydrogens (tertiary/aromatic N) is 1. The van der Waals surface area contributed by atoms with E-state index in [1.807, 2.05) is 37.3 Å². The number of carbonyl (C=O) groups is 1. The Labute approximate surface area is 162 Å². The van der Waals surface area contributed by atoms with Crippen LogP contribution in [0.3, 0.4) is 0 Å². The zero-order valence-electron chi connectivity index (χ0n) is 15.3. The lowest BCUT2D eigenvalue weighted by Gasteiger charge is -2.32. The number of sulfone groups is 1. The summed E-state index contributed by atoms with van der Waals surface area (Å²) in [6.07, 6.45) is 1.17. The third-order valence-corrected chi connectivity index (χ3v) is 6.54. The normalized spacial score (nSPS) is 20.8. The molecule has 0 radical (unpaired) electrons. The summed E-state index contributed by atoms with van der Waals surface area (Å²) in [5, 5.41) is 0. The smallest absolute Gasteiger partial charge is 0.227 e. The summed E-state index contributed by atoms with van der Waals surface area (Å²) >= 11 is 0. The van der Waals surface area contributed by atoms with Crippen molar-refractivity contribution in [1.29, 1.82) is 0 Å². The first-order valence-corrected chi connectivity index (χ1v) is 10.5. The topological polar surface area (TPSA) is 89.7 Å². The van der Waals surface area contributed by atoms with Gasteiger partial charge in [-0.25, -0.2) is 8.42 Å². The molecule has 2 rings (SSSR count). The maximum Gasteiger partial charge on any atom is 0.227 e. The summed E-state index contributed by atoms with van der Waals surface area (Å²) < 4.78 is 28.7. The average molecular weight is 405 g/mol. The zero-order valence-corrected chi connectivity index (χ0v) is 17.0. The van der Waals surface area contributed by atoms with Gasteiger partial charge in [0.2, 0.25) is 5.91 Å². The Hall–Kier alpha value is -1.15. The van der Waals surface area contributed by atoms with E-state index in [0.29, 0.717) is 26.0 Å². The molecule has 1 amide bonds. The fourth-order valence-corrected chi connectivity index (χ4v) is 4.98. The molecule has 1 saturated heterocycles. The lowest BCUT2D eigenvalue weighted by molar-refractivity contribution is -0.137. The summed E-state index contributed by atoms with van der Waals surface area (Å²) in [6, 6.07) is 8.83. The van der Waals surface area contributed by atoms with E-state index in [-0.39, 0.29) is 35.9 Å². The maximum absolute atomic E-state index is 13.1. The van der Waals surface area contributed by atoms with Gasteiger partial charge in [-0.2, -0.15) is 0 Å². The van der Waals surface area contributed by atoms with Crippen LogP contribution in [0.5, 0.6) is 0 Å². The highest BCUT2D eigenvalue weighted by molar-refractivity contribution is 7.91. The SMILES string of the molecule is COCCCN(C(=O)C(C)C(N)c1ccccc1)C1CCS(=O)(=O)C1.Cl. The molecule has 1 heterocycles. The van der Waals surface area contributed by atoms with Crippen LogP contribution < -0.4 is 5.73 Å². The molecular weight excluding hydrogens is 376 g/mol. The number of hydrogen-bond donors (Lipinski definition) is 1. The second-order valence-electron chi connectivity index (χ2n) is 6.66. The minimum atomic E-state index is -3.06. The third kappa shape index (κ3) is 5.94. The highest BCUT2D eigenvalue weighted by Crippen LogP contribution is 2.25. The molecule has 26 heavy (non-hydrogen) atoms. The molecule has 1 aliphatic rings. The molecule has 1 aromatic carbocycles. The molecule has 1 aromatic rings. The van der Waals surface area contributed by atoms with Gasteiger partial charge < -0.3 is 15.4 Å². The molecule has 148 valence electrons. The van der Waals surface area contributed by atoms with Crippen LogP contribution in [-0.2, 0) is 19.4 Å². The molecule has 0 saturated carbocycles. The number of ether oxygens (including phenoxy) is 1. The Morgan fingerprint density at radius 3 is 2.54 bits per heavy atom. The second kappa shape index (κ2) is 10.3. The van der Waals surface area contributed by atoms with E-state index in [0.717, 1.165) is 5.56 Å². The standard InChI is InChI=1S/C18H28N2O4S.ClH/c1-14(17(19)15-7-4-3-5-8-15)18(21)20(10-6-11-24-2)16-9-12-25(22,23)13-16;/h3-5,7-8,14,16-17H,6,9-13,19H2,1-2H3;1H. The van der Waals surface area contributed by atoms with Crippen molar-refractivity contribution in [2.75, 3.05) is 31.8 Å². The van der Waals surface area contributed by atoms with Gasteiger partial charge in [0.1, 0.15) is 0 Å². The van der Waals surface area contributed by atoms with E-state index >= 15 is 0 Å². The molecule has 6 nitrogen and oxygen atoms in total. The van der Waals surface area contributed by atoms with Crippen LogP contribution in [-0.4, -0.2) is 57.0 Å². The van der Waals surface area contributed by atoms with Crippen molar-refractivity contribution in [3.05, 3.63) is 35.9 Å². The van der Waals surface area contributed by atoms with E-state index < -0.39 is 21.8 Å². The van der Waals surface area contributed by atoms with E-state index in [4.69, 9.17) is 10.5 Å². The summed E-state index contributed by atoms with van der Waals surface area (Å²) in [7, 11) is -1.45. The van der Waals surface area contributed by atoms with Gasteiger partial charge in [-0.05, 0) is 18.4 Å². The molecule has 0 bridgehead atoms. The van der Waals surface area contributed by atoms with Crippen molar-refractivity contribution >= 4 is 28.2 Å². The van der Waals surface area contributed by atoms with Gasteiger partial charge >= 0.3 is 0 Å². The third-order valence-electron chi connectivity index (χ3n) is 4.79. The quantitative estimate of drug-likeness (QED) is 0.667. The van der Waals surface area contributed by atoms with Gasteiger partial charge in [-0.3, -0.25) is 4.79 Å². The molecule has 2 N–H and O–H groups in total. The monoisotopic (exact) mass is 404 g/mol. The maximum atomic E-state index is 13.1. The Morgan fingerprint density at radius 2 is 2.00 bits per heavy atom. The van der Waals surface area contributed by atoms with Crippen molar-refractivity contribution < 1.29 is 17.9 Å². The number of methoxy groups -OCH3 is 1. The van der Waals surface area contributed by atoms with Crippen molar-refractivity contribution in [2.24, 2.45) is 11.7 Å². The van der Waals surface area contributed by atoms with Crippen LogP contribution >= 0.6 is 12.4 Å². The minimum Gasteiger partial charge on any atom is -0.385 e. The minimum absolute atomic E-state index is 0. The van der Waals surface area contributed by atoms with E-state index in [2.05, 4.69) is 0 Å². The van der Waals surface area contributed by atoms with Crippen molar-refractivity contribution in [3.8, 4) is 0 Å². The average Bonchev–Trinajstić information content (AvgIpc) is 2.97. The largest absolute Gasteiger partial charge is 0.385 e. The van der Waals surface area contributed by atoms with Crippen LogP contribution in [0.15, 0.2) is 30.3 Å². The van der Waals surface area contributed by atoms with Gasteiger partial charge in [-0.1, -0.05) is 37.3 Å². The number of halogens is 1. The van der Waals surface area contributed by atoms with Gasteiger partial charge in [0.25, 0.3) is 0 Å². The molecule has 3 atom stereocenters. The van der Waals surface area contributed by atoms with Gasteiger partial charge in [0, 0.05) is 32.3 Å². The Kier molecular flexibility index (Phi) is 9.03. The van der Waals surface area contributed by atoms with Crippen LogP contribution in [0.2, 0.25) is 0 Å². The highest BCUT2D eigenvalue weighted by Gasteiger charge is 2.37. The number of carbonyl (C=O) groups excluding carboxylic acids is 1. The molecule has 3 unspecified atom stereocenters. The van der Waals surface area contributed by atoms with Crippen LogP contribution in [0, 0.1) is 5.92 Å². The molecular formula is C18H29ClN2O4S. The Morgan fingerprint density at radius 1 is 1.35 bits per heavy atom. The Bertz CT molecular complexity index is 669. The molecule has 0 aliphatic carbocycles. The highest BCUT2D eigenvalue weighted by atomic mass is 35.5. The predicted octanol–water partition coefficient (Wildman–Crippen LogP) is 1.80. The fourth-order valence-electron chi connectivity index (χ4n) is 3.25. The number of amides is 1. The first-order chi connectivity index (χ1) is 11.9. The number of hydrogen-bond acceptors (Lipinski definition) is 5. The van der Waals surface area contributed by atoms with E-state index in [9.17, 15) is 13.2 Å². The fraction of sp³-hybridized carbons (Fsp3) is 0.611. The number of nitrogens with two attached hydrogens (primary N) is 1. The van der Waals surface area contributed by atoms with Gasteiger partial charge in [0.05, 0.1) is 17.4 Å². The number of benzene rings is 1. The first-order valence-electron chi connectivity index (χ1n) is 8.66.